The Morgan fingerprint density at radius 2 is 2.31 bits per heavy atom. The number of thioether (sulfide) groups is 1. The third-order valence-corrected chi connectivity index (χ3v) is 3.21. The van der Waals surface area contributed by atoms with Crippen molar-refractivity contribution < 1.29 is 0 Å². The van der Waals surface area contributed by atoms with Crippen molar-refractivity contribution in [1.82, 2.24) is 14.5 Å². The van der Waals surface area contributed by atoms with Crippen molar-refractivity contribution in [2.24, 2.45) is 0 Å². The maximum absolute atomic E-state index is 5.87. The molecule has 0 unspecified atom stereocenters. The Balaban J connectivity index is 2.13. The Kier molecular flexibility index (Phi) is 3.66. The maximum Gasteiger partial charge on any atom is 0.202 e. The van der Waals surface area contributed by atoms with Gasteiger partial charge < -0.3 is 5.73 Å². The van der Waals surface area contributed by atoms with Crippen molar-refractivity contribution in [2.45, 2.75) is 19.4 Å². The smallest absolute Gasteiger partial charge is 0.202 e. The topological polar surface area (TPSA) is 56.7 Å². The summed E-state index contributed by atoms with van der Waals surface area (Å²) < 4.78 is 2.00. The molecule has 0 saturated heterocycles. The monoisotopic (exact) mass is 236 g/mol. The zero-order valence-electron chi connectivity index (χ0n) is 9.39. The number of hydrogen-bond acceptors (Lipinski definition) is 4. The van der Waals surface area contributed by atoms with Crippen LogP contribution in [-0.4, -0.2) is 26.5 Å². The fraction of sp³-hybridized carbons (Fsp3) is 0.455. The Bertz CT molecular complexity index is 466. The first-order valence-corrected chi connectivity index (χ1v) is 6.78. The second kappa shape index (κ2) is 5.21. The molecule has 2 aromatic rings. The minimum absolute atomic E-state index is 0.567. The molecule has 2 aromatic heterocycles. The predicted octanol–water partition coefficient (Wildman–Crippen LogP) is 2.16. The molecule has 0 atom stereocenters. The number of rotatable bonds is 5. The average Bonchev–Trinajstić information content (AvgIpc) is 2.61. The molecule has 5 heteroatoms. The zero-order valence-corrected chi connectivity index (χ0v) is 10.2. The van der Waals surface area contributed by atoms with Crippen molar-refractivity contribution in [1.29, 1.82) is 0 Å². The molecule has 0 fully saturated rings. The van der Waals surface area contributed by atoms with E-state index in [2.05, 4.69) is 16.2 Å². The molecule has 2 N–H and O–H groups in total. The lowest BCUT2D eigenvalue weighted by molar-refractivity contribution is 0.652. The summed E-state index contributed by atoms with van der Waals surface area (Å²) in [5.74, 6) is 1.76. The van der Waals surface area contributed by atoms with E-state index in [1.165, 1.54) is 12.2 Å². The predicted molar refractivity (Wildman–Crippen MR) is 69.6 cm³/mol. The molecule has 4 nitrogen and oxygen atoms in total. The molecule has 0 aromatic carbocycles. The molecule has 0 aliphatic carbocycles. The van der Waals surface area contributed by atoms with E-state index in [0.717, 1.165) is 24.1 Å². The first-order chi connectivity index (χ1) is 7.83. The summed E-state index contributed by atoms with van der Waals surface area (Å²) in [6, 6.07) is 3.82. The molecule has 0 amide bonds. The van der Waals surface area contributed by atoms with E-state index in [-0.39, 0.29) is 0 Å². The van der Waals surface area contributed by atoms with Crippen molar-refractivity contribution in [3.05, 3.63) is 18.3 Å². The van der Waals surface area contributed by atoms with Gasteiger partial charge in [0.15, 0.2) is 5.65 Å². The molecule has 16 heavy (non-hydrogen) atoms. The summed E-state index contributed by atoms with van der Waals surface area (Å²) in [4.78, 5) is 8.60. The number of unbranched alkanes of at least 4 members (excludes halogenated alkanes) is 1. The minimum Gasteiger partial charge on any atom is -0.369 e. The van der Waals surface area contributed by atoms with E-state index in [9.17, 15) is 0 Å². The first-order valence-electron chi connectivity index (χ1n) is 5.38. The minimum atomic E-state index is 0.567. The van der Waals surface area contributed by atoms with Gasteiger partial charge in [-0.25, -0.2) is 9.97 Å². The van der Waals surface area contributed by atoms with E-state index in [4.69, 9.17) is 5.73 Å². The van der Waals surface area contributed by atoms with Crippen LogP contribution in [0.4, 0.5) is 5.95 Å². The van der Waals surface area contributed by atoms with Gasteiger partial charge >= 0.3 is 0 Å². The normalized spacial score (nSPS) is 11.1. The van der Waals surface area contributed by atoms with Gasteiger partial charge in [-0.05, 0) is 37.0 Å². The molecular formula is C11H16N4S. The molecule has 0 bridgehead atoms. The van der Waals surface area contributed by atoms with Gasteiger partial charge in [0.25, 0.3) is 0 Å². The number of nitrogen functional groups attached to an aromatic ring is 1. The number of aryl methyl sites for hydroxylation is 1. The number of hydrogen-bond donors (Lipinski definition) is 1. The Morgan fingerprint density at radius 1 is 1.44 bits per heavy atom. The third kappa shape index (κ3) is 2.29. The van der Waals surface area contributed by atoms with E-state index in [1.54, 1.807) is 6.20 Å². The molecule has 0 saturated carbocycles. The van der Waals surface area contributed by atoms with Crippen LogP contribution < -0.4 is 5.73 Å². The number of pyridine rings is 1. The Morgan fingerprint density at radius 3 is 3.12 bits per heavy atom. The van der Waals surface area contributed by atoms with Gasteiger partial charge in [-0.2, -0.15) is 11.8 Å². The first kappa shape index (κ1) is 11.3. The summed E-state index contributed by atoms with van der Waals surface area (Å²) >= 11 is 1.87. The van der Waals surface area contributed by atoms with E-state index in [0.29, 0.717) is 5.95 Å². The van der Waals surface area contributed by atoms with E-state index in [1.807, 2.05) is 28.5 Å². The highest BCUT2D eigenvalue weighted by atomic mass is 32.2. The second-order valence-corrected chi connectivity index (χ2v) is 4.65. The van der Waals surface area contributed by atoms with Crippen LogP contribution in [0, 0.1) is 0 Å². The van der Waals surface area contributed by atoms with Crippen LogP contribution in [0.5, 0.6) is 0 Å². The molecule has 0 spiro atoms. The summed E-state index contributed by atoms with van der Waals surface area (Å²) in [7, 11) is 0. The van der Waals surface area contributed by atoms with Crippen LogP contribution in [0.1, 0.15) is 12.8 Å². The highest BCUT2D eigenvalue weighted by Crippen LogP contribution is 2.15. The standard InChI is InChI=1S/C11H16N4S/c1-16-8-3-2-7-15-10-9(14-11(15)12)5-4-6-13-10/h4-6H,2-3,7-8H2,1H3,(H2,12,14). The third-order valence-electron chi connectivity index (χ3n) is 2.51. The Hall–Kier alpha value is -1.23. The highest BCUT2D eigenvalue weighted by Gasteiger charge is 2.07. The van der Waals surface area contributed by atoms with Gasteiger partial charge in [0.2, 0.25) is 5.95 Å². The largest absolute Gasteiger partial charge is 0.369 e. The number of anilines is 1. The average molecular weight is 236 g/mol. The van der Waals surface area contributed by atoms with Gasteiger partial charge in [0.05, 0.1) is 0 Å². The summed E-state index contributed by atoms with van der Waals surface area (Å²) in [5.41, 5.74) is 7.65. The lowest BCUT2D eigenvalue weighted by atomic mass is 10.3. The van der Waals surface area contributed by atoms with Gasteiger partial charge in [0.1, 0.15) is 5.52 Å². The van der Waals surface area contributed by atoms with Gasteiger partial charge in [-0.1, -0.05) is 0 Å². The molecule has 0 radical (unpaired) electrons. The summed E-state index contributed by atoms with van der Waals surface area (Å²) in [6.45, 7) is 0.903. The number of imidazole rings is 1. The Labute approximate surface area is 99.3 Å². The van der Waals surface area contributed by atoms with Crippen LogP contribution in [0.15, 0.2) is 18.3 Å². The van der Waals surface area contributed by atoms with Crippen LogP contribution in [-0.2, 0) is 6.54 Å². The fourth-order valence-electron chi connectivity index (χ4n) is 1.71. The van der Waals surface area contributed by atoms with Crippen LogP contribution in [0.3, 0.4) is 0 Å². The van der Waals surface area contributed by atoms with Gasteiger partial charge in [-0.15, -0.1) is 0 Å². The quantitative estimate of drug-likeness (QED) is 0.808. The molecular weight excluding hydrogens is 220 g/mol. The molecule has 0 aliphatic rings. The van der Waals surface area contributed by atoms with Crippen LogP contribution in [0.2, 0.25) is 0 Å². The van der Waals surface area contributed by atoms with Crippen LogP contribution >= 0.6 is 11.8 Å². The molecule has 2 rings (SSSR count). The van der Waals surface area contributed by atoms with E-state index >= 15 is 0 Å². The van der Waals surface area contributed by atoms with Crippen molar-refractivity contribution in [3.63, 3.8) is 0 Å². The second-order valence-electron chi connectivity index (χ2n) is 3.67. The summed E-state index contributed by atoms with van der Waals surface area (Å²) in [6.07, 6.45) is 6.23. The lowest BCUT2D eigenvalue weighted by Gasteiger charge is -2.04. The highest BCUT2D eigenvalue weighted by molar-refractivity contribution is 7.98. The van der Waals surface area contributed by atoms with Gasteiger partial charge in [-0.3, -0.25) is 4.57 Å². The maximum atomic E-state index is 5.87. The zero-order chi connectivity index (χ0) is 11.4. The number of aromatic nitrogens is 3. The molecule has 0 aliphatic heterocycles. The van der Waals surface area contributed by atoms with Gasteiger partial charge in [0, 0.05) is 12.7 Å². The van der Waals surface area contributed by atoms with Crippen molar-refractivity contribution in [2.75, 3.05) is 17.7 Å². The lowest BCUT2D eigenvalue weighted by Crippen LogP contribution is -2.04. The molecule has 2 heterocycles. The van der Waals surface area contributed by atoms with Crippen molar-refractivity contribution >= 4 is 28.9 Å². The number of nitrogens with zero attached hydrogens (tertiary/aromatic N) is 3. The van der Waals surface area contributed by atoms with Crippen molar-refractivity contribution in [3.8, 4) is 0 Å². The van der Waals surface area contributed by atoms with Crippen LogP contribution in [0.25, 0.3) is 11.2 Å². The number of nitrogens with two attached hydrogens (primary N) is 1. The fourth-order valence-corrected chi connectivity index (χ4v) is 2.21. The number of fused-ring (bicyclic) bond motifs is 1. The SMILES string of the molecule is CSCCCCn1c(N)nc2cccnc21. The summed E-state index contributed by atoms with van der Waals surface area (Å²) in [5, 5.41) is 0. The molecule has 86 valence electrons. The van der Waals surface area contributed by atoms with E-state index < -0.39 is 0 Å².